The Hall–Kier alpha value is -3.33. The van der Waals surface area contributed by atoms with Gasteiger partial charge in [0.1, 0.15) is 17.4 Å². The van der Waals surface area contributed by atoms with Crippen molar-refractivity contribution in [2.24, 2.45) is 10.7 Å². The number of hydrogen-bond donors (Lipinski definition) is 1. The minimum atomic E-state index is -0.307. The van der Waals surface area contributed by atoms with Crippen molar-refractivity contribution in [2.75, 3.05) is 24.5 Å². The van der Waals surface area contributed by atoms with E-state index in [0.717, 1.165) is 72.6 Å². The summed E-state index contributed by atoms with van der Waals surface area (Å²) < 4.78 is 15.6. The van der Waals surface area contributed by atoms with E-state index < -0.39 is 0 Å². The van der Waals surface area contributed by atoms with Crippen LogP contribution in [-0.2, 0) is 4.79 Å². The minimum absolute atomic E-state index is 0.107. The lowest BCUT2D eigenvalue weighted by molar-refractivity contribution is -0.127. The van der Waals surface area contributed by atoms with Crippen LogP contribution >= 0.6 is 0 Å². The quantitative estimate of drug-likeness (QED) is 0.736. The standard InChI is InChI=1S/C26H30FN7O/c1-15-13-34-23(30-25(15)32-10-8-18(28)14-32)12-21(31-34)22-5-3-4-9-33(22)26(35)24-16(2)19-11-17(27)6-7-20(19)29-24/h6-7,11-13,18,20,22H,3-5,8-10,14,28H2,1-2H3/t18-,20?,22-/m0/s1. The van der Waals surface area contributed by atoms with Crippen LogP contribution in [-0.4, -0.2) is 62.8 Å². The number of halogens is 1. The van der Waals surface area contributed by atoms with Gasteiger partial charge in [-0.25, -0.2) is 13.9 Å². The van der Waals surface area contributed by atoms with Gasteiger partial charge in [0.2, 0.25) is 0 Å². The summed E-state index contributed by atoms with van der Waals surface area (Å²) in [4.78, 5) is 27.4. The average molecular weight is 476 g/mol. The molecule has 2 N–H and O–H groups in total. The maximum Gasteiger partial charge on any atom is 0.272 e. The van der Waals surface area contributed by atoms with E-state index in [1.807, 2.05) is 35.5 Å². The minimum Gasteiger partial charge on any atom is -0.355 e. The molecule has 9 heteroatoms. The number of fused-ring (bicyclic) bond motifs is 2. The van der Waals surface area contributed by atoms with Gasteiger partial charge in [-0.3, -0.25) is 9.79 Å². The number of nitrogens with two attached hydrogens (primary N) is 1. The van der Waals surface area contributed by atoms with E-state index in [-0.39, 0.29) is 29.9 Å². The number of hydrogen-bond acceptors (Lipinski definition) is 6. The molecular formula is C26H30FN7O. The molecule has 2 aromatic heterocycles. The number of likely N-dealkylation sites (tertiary alicyclic amines) is 1. The number of aromatic nitrogens is 3. The van der Waals surface area contributed by atoms with E-state index >= 15 is 0 Å². The van der Waals surface area contributed by atoms with Crippen LogP contribution in [0.5, 0.6) is 0 Å². The normalized spacial score (nSPS) is 26.5. The summed E-state index contributed by atoms with van der Waals surface area (Å²) in [7, 11) is 0. The van der Waals surface area contributed by atoms with Gasteiger partial charge in [-0.1, -0.05) is 6.08 Å². The Morgan fingerprint density at radius 3 is 2.86 bits per heavy atom. The lowest BCUT2D eigenvalue weighted by Crippen LogP contribution is -2.42. The molecule has 3 aliphatic heterocycles. The number of rotatable bonds is 3. The molecule has 35 heavy (non-hydrogen) atoms. The molecule has 2 fully saturated rings. The highest BCUT2D eigenvalue weighted by Crippen LogP contribution is 2.35. The molecule has 1 amide bonds. The fourth-order valence-electron chi connectivity index (χ4n) is 5.70. The highest BCUT2D eigenvalue weighted by Gasteiger charge is 2.36. The van der Waals surface area contributed by atoms with Gasteiger partial charge in [-0.15, -0.1) is 0 Å². The molecule has 2 saturated heterocycles. The first kappa shape index (κ1) is 22.2. The molecule has 2 aromatic rings. The van der Waals surface area contributed by atoms with Crippen molar-refractivity contribution in [2.45, 2.75) is 57.7 Å². The summed E-state index contributed by atoms with van der Waals surface area (Å²) >= 11 is 0. The molecular weight excluding hydrogens is 445 g/mol. The maximum absolute atomic E-state index is 13.8. The van der Waals surface area contributed by atoms with Gasteiger partial charge in [-0.05, 0) is 62.8 Å². The van der Waals surface area contributed by atoms with Crippen molar-refractivity contribution in [3.63, 3.8) is 0 Å². The summed E-state index contributed by atoms with van der Waals surface area (Å²) in [6.45, 7) is 6.26. The van der Waals surface area contributed by atoms with Crippen molar-refractivity contribution in [3.8, 4) is 0 Å². The lowest BCUT2D eigenvalue weighted by atomic mass is 9.96. The number of carbonyl (C=O) groups excluding carboxylic acids is 1. The number of nitrogens with zero attached hydrogens (tertiary/aromatic N) is 6. The number of aryl methyl sites for hydroxylation is 1. The summed E-state index contributed by atoms with van der Waals surface area (Å²) in [6, 6.07) is 1.75. The van der Waals surface area contributed by atoms with Gasteiger partial charge in [-0.2, -0.15) is 5.10 Å². The van der Waals surface area contributed by atoms with Crippen molar-refractivity contribution in [3.05, 3.63) is 58.7 Å². The summed E-state index contributed by atoms with van der Waals surface area (Å²) in [5.74, 6) is 0.536. The zero-order valence-corrected chi connectivity index (χ0v) is 20.1. The first-order valence-electron chi connectivity index (χ1n) is 12.4. The third kappa shape index (κ3) is 3.78. The first-order chi connectivity index (χ1) is 16.9. The Labute approximate surface area is 203 Å². The fourth-order valence-corrected chi connectivity index (χ4v) is 5.70. The van der Waals surface area contributed by atoms with Crippen LogP contribution in [0.4, 0.5) is 10.2 Å². The van der Waals surface area contributed by atoms with Crippen molar-refractivity contribution in [1.82, 2.24) is 19.5 Å². The molecule has 0 saturated carbocycles. The van der Waals surface area contributed by atoms with Crippen LogP contribution in [0.1, 0.15) is 49.9 Å². The van der Waals surface area contributed by atoms with E-state index in [0.29, 0.717) is 12.3 Å². The van der Waals surface area contributed by atoms with Crippen LogP contribution in [0, 0.1) is 6.92 Å². The summed E-state index contributed by atoms with van der Waals surface area (Å²) in [6.07, 6.45) is 10.4. The van der Waals surface area contributed by atoms with Gasteiger partial charge in [0, 0.05) is 43.5 Å². The van der Waals surface area contributed by atoms with Crippen LogP contribution in [0.3, 0.4) is 0 Å². The summed E-state index contributed by atoms with van der Waals surface area (Å²) in [5.41, 5.74) is 10.7. The molecule has 3 atom stereocenters. The smallest absolute Gasteiger partial charge is 0.272 e. The van der Waals surface area contributed by atoms with Gasteiger partial charge in [0.15, 0.2) is 5.65 Å². The number of carbonyl (C=O) groups is 1. The molecule has 1 aliphatic carbocycles. The molecule has 1 unspecified atom stereocenters. The van der Waals surface area contributed by atoms with Gasteiger partial charge in [0.05, 0.1) is 17.8 Å². The van der Waals surface area contributed by atoms with E-state index in [4.69, 9.17) is 15.8 Å². The van der Waals surface area contributed by atoms with Crippen molar-refractivity contribution in [1.29, 1.82) is 0 Å². The zero-order valence-electron chi connectivity index (χ0n) is 20.1. The SMILES string of the molecule is CC1=C2C=C(F)C=CC2N=C1C(=O)N1CCCC[C@H]1c1cc2nc(N3CC[C@H](N)C3)c(C)cn2n1. The third-order valence-electron chi connectivity index (χ3n) is 7.56. The maximum atomic E-state index is 13.8. The van der Waals surface area contributed by atoms with Crippen LogP contribution < -0.4 is 10.6 Å². The number of anilines is 1. The second kappa shape index (κ2) is 8.41. The molecule has 0 bridgehead atoms. The van der Waals surface area contributed by atoms with E-state index in [2.05, 4.69) is 9.89 Å². The van der Waals surface area contributed by atoms with Gasteiger partial charge in [0.25, 0.3) is 5.91 Å². The fraction of sp³-hybridized carbons (Fsp3) is 0.462. The number of amides is 1. The Bertz CT molecular complexity index is 1340. The second-order valence-corrected chi connectivity index (χ2v) is 10.0. The topological polar surface area (TPSA) is 92.1 Å². The van der Waals surface area contributed by atoms with E-state index in [1.54, 1.807) is 6.08 Å². The monoisotopic (exact) mass is 475 g/mol. The molecule has 182 valence electrons. The molecule has 8 nitrogen and oxygen atoms in total. The van der Waals surface area contributed by atoms with E-state index in [1.165, 1.54) is 12.2 Å². The van der Waals surface area contributed by atoms with Crippen LogP contribution in [0.2, 0.25) is 0 Å². The van der Waals surface area contributed by atoms with Crippen LogP contribution in [0.25, 0.3) is 5.65 Å². The average Bonchev–Trinajstić information content (AvgIpc) is 3.55. The second-order valence-electron chi connectivity index (χ2n) is 10.0. The predicted molar refractivity (Wildman–Crippen MR) is 133 cm³/mol. The molecule has 4 aliphatic rings. The Kier molecular flexibility index (Phi) is 5.32. The van der Waals surface area contributed by atoms with E-state index in [9.17, 15) is 9.18 Å². The Morgan fingerprint density at radius 2 is 2.06 bits per heavy atom. The number of piperidine rings is 1. The molecule has 6 rings (SSSR count). The largest absolute Gasteiger partial charge is 0.355 e. The van der Waals surface area contributed by atoms with Crippen molar-refractivity contribution >= 4 is 23.1 Å². The van der Waals surface area contributed by atoms with Gasteiger partial charge >= 0.3 is 0 Å². The predicted octanol–water partition coefficient (Wildman–Crippen LogP) is 3.19. The molecule has 0 aromatic carbocycles. The summed E-state index contributed by atoms with van der Waals surface area (Å²) in [5, 5.41) is 4.84. The number of allylic oxidation sites excluding steroid dienone is 2. The van der Waals surface area contributed by atoms with Crippen molar-refractivity contribution < 1.29 is 9.18 Å². The van der Waals surface area contributed by atoms with Gasteiger partial charge < -0.3 is 15.5 Å². The molecule has 0 spiro atoms. The lowest BCUT2D eigenvalue weighted by Gasteiger charge is -2.34. The highest BCUT2D eigenvalue weighted by molar-refractivity contribution is 6.46. The first-order valence-corrected chi connectivity index (χ1v) is 12.4. The molecule has 5 heterocycles. The molecule has 0 radical (unpaired) electrons. The Balaban J connectivity index is 1.31. The zero-order chi connectivity index (χ0) is 24.3. The van der Waals surface area contributed by atoms with Crippen LogP contribution in [0.15, 0.2) is 52.5 Å². The Morgan fingerprint density at radius 1 is 1.20 bits per heavy atom. The number of aliphatic imine (C=N–C) groups is 1. The highest BCUT2D eigenvalue weighted by atomic mass is 19.1. The third-order valence-corrected chi connectivity index (χ3v) is 7.56.